The quantitative estimate of drug-likeness (QED) is 0.843. The molecule has 0 unspecified atom stereocenters. The molecule has 0 radical (unpaired) electrons. The van der Waals surface area contributed by atoms with E-state index in [2.05, 4.69) is 10.5 Å². The highest BCUT2D eigenvalue weighted by Crippen LogP contribution is 2.29. The summed E-state index contributed by atoms with van der Waals surface area (Å²) < 4.78 is 5.14. The van der Waals surface area contributed by atoms with Crippen molar-refractivity contribution in [3.63, 3.8) is 0 Å². The molecule has 6 heteroatoms. The number of hydrazone groups is 1. The van der Waals surface area contributed by atoms with Crippen LogP contribution in [-0.4, -0.2) is 24.7 Å². The molecule has 1 aromatic carbocycles. The Hall–Kier alpha value is -1.10. The van der Waals surface area contributed by atoms with Crippen LogP contribution in [0.4, 0.5) is 5.69 Å². The molecule has 1 heterocycles. The highest BCUT2D eigenvalue weighted by atomic mass is 35.5. The Labute approximate surface area is 109 Å². The predicted molar refractivity (Wildman–Crippen MR) is 68.0 cm³/mol. The number of ketones is 1. The molecule has 1 aromatic rings. The number of carbonyl (C=O) groups excluding carboxylic acids is 1. The number of Topliss-reactive ketones (excluding diaryl/α,β-unsaturated/α-hetero) is 1. The van der Waals surface area contributed by atoms with Gasteiger partial charge in [-0.1, -0.05) is 29.3 Å². The summed E-state index contributed by atoms with van der Waals surface area (Å²) in [5.74, 6) is -0.0214. The third kappa shape index (κ3) is 2.97. The summed E-state index contributed by atoms with van der Waals surface area (Å²) in [7, 11) is 0. The second-order valence-electron chi connectivity index (χ2n) is 3.49. The summed E-state index contributed by atoms with van der Waals surface area (Å²) in [5.41, 5.74) is 3.55. The van der Waals surface area contributed by atoms with Gasteiger partial charge in [0.25, 0.3) is 0 Å². The van der Waals surface area contributed by atoms with E-state index >= 15 is 0 Å². The second kappa shape index (κ2) is 5.49. The standard InChI is InChI=1S/C11H10Cl2N2O2/c12-7-2-1-3-8(13)11(7)15-14-9-6-17-5-4-10(9)16/h1-3,15H,4-6H2/b14-9+. The smallest absolute Gasteiger partial charge is 0.183 e. The molecular formula is C11H10Cl2N2O2. The van der Waals surface area contributed by atoms with Crippen LogP contribution in [0.15, 0.2) is 23.3 Å². The lowest BCUT2D eigenvalue weighted by Gasteiger charge is -2.13. The Morgan fingerprint density at radius 2 is 2.00 bits per heavy atom. The first-order chi connectivity index (χ1) is 8.18. The van der Waals surface area contributed by atoms with Crippen molar-refractivity contribution in [1.82, 2.24) is 0 Å². The summed E-state index contributed by atoms with van der Waals surface area (Å²) in [6.07, 6.45) is 0.358. The Morgan fingerprint density at radius 3 is 2.65 bits per heavy atom. The predicted octanol–water partition coefficient (Wildman–Crippen LogP) is 2.75. The Kier molecular flexibility index (Phi) is 3.99. The normalized spacial score (nSPS) is 18.5. The van der Waals surface area contributed by atoms with E-state index in [0.717, 1.165) is 0 Å². The first kappa shape index (κ1) is 12.4. The van der Waals surface area contributed by atoms with Gasteiger partial charge in [0, 0.05) is 6.42 Å². The fourth-order valence-corrected chi connectivity index (χ4v) is 1.86. The van der Waals surface area contributed by atoms with Crippen molar-refractivity contribution in [3.05, 3.63) is 28.2 Å². The number of benzene rings is 1. The summed E-state index contributed by atoms with van der Waals surface area (Å²) >= 11 is 11.9. The summed E-state index contributed by atoms with van der Waals surface area (Å²) in [6.45, 7) is 0.665. The molecule has 2 rings (SSSR count). The number of para-hydroxylation sites is 1. The topological polar surface area (TPSA) is 50.7 Å². The van der Waals surface area contributed by atoms with Gasteiger partial charge < -0.3 is 4.74 Å². The number of anilines is 1. The van der Waals surface area contributed by atoms with Gasteiger partial charge in [-0.15, -0.1) is 0 Å². The highest BCUT2D eigenvalue weighted by molar-refractivity contribution is 6.41. The molecule has 1 N–H and O–H groups in total. The summed E-state index contributed by atoms with van der Waals surface area (Å²) in [4.78, 5) is 11.5. The van der Waals surface area contributed by atoms with E-state index in [1.165, 1.54) is 0 Å². The summed E-state index contributed by atoms with van der Waals surface area (Å²) in [6, 6.07) is 5.11. The van der Waals surface area contributed by atoms with Crippen LogP contribution in [0.3, 0.4) is 0 Å². The van der Waals surface area contributed by atoms with E-state index in [4.69, 9.17) is 27.9 Å². The number of carbonyl (C=O) groups is 1. The first-order valence-corrected chi connectivity index (χ1v) is 5.81. The molecule has 0 amide bonds. The number of halogens is 2. The monoisotopic (exact) mass is 272 g/mol. The Morgan fingerprint density at radius 1 is 1.29 bits per heavy atom. The van der Waals surface area contributed by atoms with Crippen LogP contribution < -0.4 is 5.43 Å². The van der Waals surface area contributed by atoms with Gasteiger partial charge in [0.2, 0.25) is 0 Å². The summed E-state index contributed by atoms with van der Waals surface area (Å²) in [5, 5.41) is 4.88. The molecule has 1 aliphatic heterocycles. The first-order valence-electron chi connectivity index (χ1n) is 5.06. The molecule has 4 nitrogen and oxygen atoms in total. The zero-order valence-electron chi connectivity index (χ0n) is 8.87. The van der Waals surface area contributed by atoms with E-state index in [1.54, 1.807) is 18.2 Å². The van der Waals surface area contributed by atoms with E-state index in [1.807, 2.05) is 0 Å². The molecule has 1 saturated heterocycles. The molecule has 0 aromatic heterocycles. The van der Waals surface area contributed by atoms with Gasteiger partial charge in [0.15, 0.2) is 5.78 Å². The fraction of sp³-hybridized carbons (Fsp3) is 0.273. The van der Waals surface area contributed by atoms with Crippen LogP contribution >= 0.6 is 23.2 Å². The minimum absolute atomic E-state index is 0.0214. The van der Waals surface area contributed by atoms with Gasteiger partial charge in [-0.05, 0) is 12.1 Å². The van der Waals surface area contributed by atoms with E-state index in [9.17, 15) is 4.79 Å². The van der Waals surface area contributed by atoms with Crippen LogP contribution in [0.2, 0.25) is 10.0 Å². The van der Waals surface area contributed by atoms with Gasteiger partial charge in [-0.2, -0.15) is 5.10 Å². The number of ether oxygens (including phenoxy) is 1. The number of hydrogen-bond acceptors (Lipinski definition) is 4. The maximum Gasteiger partial charge on any atom is 0.183 e. The van der Waals surface area contributed by atoms with Crippen molar-refractivity contribution < 1.29 is 9.53 Å². The average molecular weight is 273 g/mol. The van der Waals surface area contributed by atoms with Gasteiger partial charge in [-0.3, -0.25) is 10.2 Å². The maximum atomic E-state index is 11.5. The van der Waals surface area contributed by atoms with Gasteiger partial charge in [-0.25, -0.2) is 0 Å². The third-order valence-electron chi connectivity index (χ3n) is 2.30. The SMILES string of the molecule is O=C1CCOC/C1=N\Nc1c(Cl)cccc1Cl. The van der Waals surface area contributed by atoms with Crippen molar-refractivity contribution in [2.45, 2.75) is 6.42 Å². The molecule has 1 aliphatic rings. The lowest BCUT2D eigenvalue weighted by molar-refractivity contribution is -0.115. The highest BCUT2D eigenvalue weighted by Gasteiger charge is 2.17. The molecule has 0 atom stereocenters. The maximum absolute atomic E-state index is 11.5. The average Bonchev–Trinajstić information content (AvgIpc) is 2.30. The van der Waals surface area contributed by atoms with Crippen LogP contribution in [0.25, 0.3) is 0 Å². The molecule has 1 fully saturated rings. The van der Waals surface area contributed by atoms with Crippen molar-refractivity contribution >= 4 is 40.4 Å². The lowest BCUT2D eigenvalue weighted by atomic mass is 10.2. The minimum Gasteiger partial charge on any atom is -0.374 e. The zero-order valence-corrected chi connectivity index (χ0v) is 10.4. The van der Waals surface area contributed by atoms with Crippen molar-refractivity contribution in [2.24, 2.45) is 5.10 Å². The van der Waals surface area contributed by atoms with Gasteiger partial charge in [0.05, 0.1) is 28.9 Å². The van der Waals surface area contributed by atoms with Crippen LogP contribution in [0.1, 0.15) is 6.42 Å². The van der Waals surface area contributed by atoms with Crippen molar-refractivity contribution in [3.8, 4) is 0 Å². The Bertz CT molecular complexity index is 454. The molecular weight excluding hydrogens is 263 g/mol. The van der Waals surface area contributed by atoms with Crippen LogP contribution in [0.5, 0.6) is 0 Å². The molecule has 0 saturated carbocycles. The fourth-order valence-electron chi connectivity index (χ4n) is 1.38. The van der Waals surface area contributed by atoms with E-state index in [0.29, 0.717) is 34.5 Å². The van der Waals surface area contributed by atoms with E-state index in [-0.39, 0.29) is 12.4 Å². The number of nitrogens with one attached hydrogen (secondary N) is 1. The number of hydrogen-bond donors (Lipinski definition) is 1. The molecule has 0 bridgehead atoms. The molecule has 0 aliphatic carbocycles. The minimum atomic E-state index is -0.0214. The largest absolute Gasteiger partial charge is 0.374 e. The van der Waals surface area contributed by atoms with Crippen LogP contribution in [0, 0.1) is 0 Å². The van der Waals surface area contributed by atoms with Gasteiger partial charge in [0.1, 0.15) is 5.71 Å². The number of rotatable bonds is 2. The van der Waals surface area contributed by atoms with Crippen molar-refractivity contribution in [1.29, 1.82) is 0 Å². The number of nitrogens with zero attached hydrogens (tertiary/aromatic N) is 1. The lowest BCUT2D eigenvalue weighted by Crippen LogP contribution is -2.28. The third-order valence-corrected chi connectivity index (χ3v) is 2.93. The Balaban J connectivity index is 2.16. The van der Waals surface area contributed by atoms with Crippen LogP contribution in [-0.2, 0) is 9.53 Å². The molecule has 0 spiro atoms. The molecule has 90 valence electrons. The van der Waals surface area contributed by atoms with Crippen molar-refractivity contribution in [2.75, 3.05) is 18.6 Å². The second-order valence-corrected chi connectivity index (χ2v) is 4.31. The molecule has 17 heavy (non-hydrogen) atoms. The van der Waals surface area contributed by atoms with Gasteiger partial charge >= 0.3 is 0 Å². The zero-order chi connectivity index (χ0) is 12.3. The van der Waals surface area contributed by atoms with E-state index < -0.39 is 0 Å².